The number of nitrogens with zero attached hydrogens (tertiary/aromatic N) is 2. The average molecular weight is 572 g/mol. The van der Waals surface area contributed by atoms with E-state index in [0.29, 0.717) is 16.5 Å². The van der Waals surface area contributed by atoms with Crippen LogP contribution in [0.25, 0.3) is 0 Å². The third-order valence-corrected chi connectivity index (χ3v) is 9.38. The van der Waals surface area contributed by atoms with E-state index in [2.05, 4.69) is 11.6 Å². The van der Waals surface area contributed by atoms with Gasteiger partial charge in [0.2, 0.25) is 0 Å². The van der Waals surface area contributed by atoms with Gasteiger partial charge in [-0.1, -0.05) is 53.5 Å². The number of amides is 1. The van der Waals surface area contributed by atoms with Crippen molar-refractivity contribution in [1.29, 1.82) is 0 Å². The van der Waals surface area contributed by atoms with Crippen molar-refractivity contribution in [2.45, 2.75) is 48.4 Å². The maximum absolute atomic E-state index is 14.1. The molecule has 198 valence electrons. The Morgan fingerprint density at radius 1 is 1.03 bits per heavy atom. The second-order valence-electron chi connectivity index (χ2n) is 9.74. The van der Waals surface area contributed by atoms with Crippen LogP contribution < -0.4 is 0 Å². The molecule has 1 saturated carbocycles. The van der Waals surface area contributed by atoms with Crippen molar-refractivity contribution in [2.24, 2.45) is 5.92 Å². The van der Waals surface area contributed by atoms with E-state index in [-0.39, 0.29) is 22.5 Å². The van der Waals surface area contributed by atoms with Gasteiger partial charge in [-0.15, -0.1) is 6.58 Å². The monoisotopic (exact) mass is 570 g/mol. The lowest BCUT2D eigenvalue weighted by Gasteiger charge is -2.48. The molecule has 6 nitrogen and oxygen atoms in total. The van der Waals surface area contributed by atoms with Gasteiger partial charge in [-0.25, -0.2) is 8.42 Å². The Morgan fingerprint density at radius 2 is 1.74 bits per heavy atom. The summed E-state index contributed by atoms with van der Waals surface area (Å²) in [5.41, 5.74) is 1.60. The van der Waals surface area contributed by atoms with E-state index in [0.717, 1.165) is 24.0 Å². The van der Waals surface area contributed by atoms with Crippen molar-refractivity contribution in [1.82, 2.24) is 9.88 Å². The Hall–Kier alpha value is -2.71. The number of morpholine rings is 1. The maximum atomic E-state index is 14.1. The van der Waals surface area contributed by atoms with Crippen molar-refractivity contribution in [3.63, 3.8) is 0 Å². The van der Waals surface area contributed by atoms with Gasteiger partial charge >= 0.3 is 0 Å². The molecule has 1 aliphatic heterocycles. The Kier molecular flexibility index (Phi) is 7.91. The largest absolute Gasteiger partial charge is 0.358 e. The summed E-state index contributed by atoms with van der Waals surface area (Å²) in [6.45, 7) is 3.82. The number of sulfone groups is 1. The van der Waals surface area contributed by atoms with Crippen molar-refractivity contribution in [3.05, 3.63) is 107 Å². The van der Waals surface area contributed by atoms with Crippen LogP contribution >= 0.6 is 23.2 Å². The molecule has 0 bridgehead atoms. The number of hydrogen-bond donors (Lipinski definition) is 0. The van der Waals surface area contributed by atoms with E-state index >= 15 is 0 Å². The average Bonchev–Trinajstić information content (AvgIpc) is 3.75. The molecule has 2 fully saturated rings. The van der Waals surface area contributed by atoms with E-state index < -0.39 is 34.1 Å². The van der Waals surface area contributed by atoms with Crippen molar-refractivity contribution in [3.8, 4) is 0 Å². The van der Waals surface area contributed by atoms with Crippen LogP contribution in [-0.2, 0) is 19.4 Å². The molecule has 1 amide bonds. The van der Waals surface area contributed by atoms with E-state index in [1.165, 1.54) is 24.5 Å². The van der Waals surface area contributed by atoms with Gasteiger partial charge < -0.3 is 9.64 Å². The van der Waals surface area contributed by atoms with Crippen molar-refractivity contribution >= 4 is 38.9 Å². The van der Waals surface area contributed by atoms with Crippen LogP contribution in [0.2, 0.25) is 10.0 Å². The molecule has 2 heterocycles. The molecule has 0 N–H and O–H groups in total. The fourth-order valence-electron chi connectivity index (χ4n) is 5.17. The summed E-state index contributed by atoms with van der Waals surface area (Å²) in [5.74, 6) is -0.376. The maximum Gasteiger partial charge on any atom is 0.252 e. The van der Waals surface area contributed by atoms with Gasteiger partial charge in [0.25, 0.3) is 5.91 Å². The first-order chi connectivity index (χ1) is 18.3. The molecule has 1 saturated heterocycles. The normalized spacial score (nSPS) is 22.7. The lowest BCUT2D eigenvalue weighted by atomic mass is 9.89. The van der Waals surface area contributed by atoms with Crippen LogP contribution in [0.5, 0.6) is 0 Å². The number of ether oxygens (including phenoxy) is 1. The molecule has 38 heavy (non-hydrogen) atoms. The van der Waals surface area contributed by atoms with E-state index in [1.54, 1.807) is 29.2 Å². The lowest BCUT2D eigenvalue weighted by molar-refractivity contribution is -0.178. The van der Waals surface area contributed by atoms with Gasteiger partial charge in [0, 0.05) is 34.9 Å². The zero-order valence-electron chi connectivity index (χ0n) is 20.6. The van der Waals surface area contributed by atoms with Crippen molar-refractivity contribution < 1.29 is 17.9 Å². The molecule has 1 aromatic heterocycles. The van der Waals surface area contributed by atoms with E-state index in [1.807, 2.05) is 30.3 Å². The summed E-state index contributed by atoms with van der Waals surface area (Å²) in [6, 6.07) is 16.5. The lowest BCUT2D eigenvalue weighted by Crippen LogP contribution is -2.57. The SMILES string of the molecule is C=CC[C@@H]1O[C@H](c2cccc(Cl)c2)[C@@H](c2ccc(Cl)cc2)N([C@H](CS(=O)(=O)c2ccncc2)C2CC2)C1=O. The highest BCUT2D eigenvalue weighted by molar-refractivity contribution is 7.91. The Labute approximate surface area is 233 Å². The Bertz CT molecular complexity index is 1410. The quantitative estimate of drug-likeness (QED) is 0.285. The molecule has 0 radical (unpaired) electrons. The number of carbonyl (C=O) groups excluding carboxylic acids is 1. The zero-order valence-corrected chi connectivity index (χ0v) is 22.9. The van der Waals surface area contributed by atoms with Crippen LogP contribution in [0, 0.1) is 5.92 Å². The minimum Gasteiger partial charge on any atom is -0.358 e. The highest BCUT2D eigenvalue weighted by atomic mass is 35.5. The highest BCUT2D eigenvalue weighted by Gasteiger charge is 2.50. The first-order valence-electron chi connectivity index (χ1n) is 12.5. The molecule has 9 heteroatoms. The van der Waals surface area contributed by atoms with Gasteiger partial charge in [0.05, 0.1) is 16.7 Å². The predicted octanol–water partition coefficient (Wildman–Crippen LogP) is 6.23. The number of carbonyl (C=O) groups is 1. The topological polar surface area (TPSA) is 76.6 Å². The van der Waals surface area contributed by atoms with E-state index in [9.17, 15) is 13.2 Å². The molecule has 1 aliphatic carbocycles. The number of aromatic nitrogens is 1. The molecular weight excluding hydrogens is 543 g/mol. The van der Waals surface area contributed by atoms with E-state index in [4.69, 9.17) is 27.9 Å². The standard InChI is InChI=1S/C29H28Cl2N2O4S/c1-2-4-26-29(34)33(25(19-7-8-19)18-38(35,36)24-13-15-32-16-14-24)27(20-9-11-22(30)12-10-20)28(37-26)21-5-3-6-23(31)17-21/h2-3,5-6,9-17,19,25-28H,1,4,7-8,18H2/t25-,26+,27-,28-/m1/s1. The van der Waals surface area contributed by atoms with Gasteiger partial charge in [0.15, 0.2) is 9.84 Å². The Balaban J connectivity index is 1.64. The zero-order chi connectivity index (χ0) is 26.9. The van der Waals surface area contributed by atoms with Crippen LogP contribution in [0.4, 0.5) is 0 Å². The smallest absolute Gasteiger partial charge is 0.252 e. The summed E-state index contributed by atoms with van der Waals surface area (Å²) < 4.78 is 33.6. The number of rotatable bonds is 9. The first kappa shape index (κ1) is 26.9. The molecule has 0 unspecified atom stereocenters. The van der Waals surface area contributed by atoms with Crippen molar-refractivity contribution in [2.75, 3.05) is 5.75 Å². The van der Waals surface area contributed by atoms with Crippen LogP contribution in [0.3, 0.4) is 0 Å². The van der Waals surface area contributed by atoms with Crippen LogP contribution in [0.1, 0.15) is 42.5 Å². The molecule has 0 spiro atoms. The number of pyridine rings is 1. The molecular formula is C29H28Cl2N2O4S. The number of hydrogen-bond acceptors (Lipinski definition) is 5. The van der Waals surface area contributed by atoms with Gasteiger partial charge in [-0.3, -0.25) is 9.78 Å². The molecule has 2 aliphatic rings. The van der Waals surface area contributed by atoms with Crippen LogP contribution in [-0.4, -0.2) is 42.1 Å². The number of halogens is 2. The van der Waals surface area contributed by atoms with Gasteiger partial charge in [0.1, 0.15) is 12.2 Å². The molecule has 2 aromatic carbocycles. The highest BCUT2D eigenvalue weighted by Crippen LogP contribution is 2.48. The van der Waals surface area contributed by atoms with Crippen LogP contribution in [0.15, 0.2) is 90.6 Å². The number of benzene rings is 2. The summed E-state index contributed by atoms with van der Waals surface area (Å²) >= 11 is 12.6. The summed E-state index contributed by atoms with van der Waals surface area (Å²) in [6.07, 6.45) is 5.19. The first-order valence-corrected chi connectivity index (χ1v) is 14.9. The fourth-order valence-corrected chi connectivity index (χ4v) is 7.10. The van der Waals surface area contributed by atoms with Gasteiger partial charge in [-0.05, 0) is 66.3 Å². The summed E-state index contributed by atoms with van der Waals surface area (Å²) in [4.78, 5) is 20.0. The third kappa shape index (κ3) is 5.66. The molecule has 3 aromatic rings. The minimum atomic E-state index is -3.71. The summed E-state index contributed by atoms with van der Waals surface area (Å²) in [5, 5.41) is 1.11. The fraction of sp³-hybridized carbons (Fsp3) is 0.310. The second-order valence-corrected chi connectivity index (χ2v) is 12.6. The van der Waals surface area contributed by atoms with Gasteiger partial charge in [-0.2, -0.15) is 0 Å². The molecule has 4 atom stereocenters. The molecule has 5 rings (SSSR count). The second kappa shape index (κ2) is 11.2. The third-order valence-electron chi connectivity index (χ3n) is 7.12. The summed E-state index contributed by atoms with van der Waals surface area (Å²) in [7, 11) is -3.71. The Morgan fingerprint density at radius 3 is 2.37 bits per heavy atom. The predicted molar refractivity (Wildman–Crippen MR) is 148 cm³/mol. The minimum absolute atomic E-state index is 0.0628.